The van der Waals surface area contributed by atoms with E-state index in [0.29, 0.717) is 29.8 Å². The van der Waals surface area contributed by atoms with Gasteiger partial charge >= 0.3 is 0 Å². The molecule has 3 N–H and O–H groups in total. The van der Waals surface area contributed by atoms with Gasteiger partial charge in [-0.2, -0.15) is 0 Å². The number of sulfonamides is 1. The lowest BCUT2D eigenvalue weighted by Crippen LogP contribution is -2.36. The fourth-order valence-corrected chi connectivity index (χ4v) is 3.79. The molecule has 0 fully saturated rings. The minimum atomic E-state index is -3.48. The summed E-state index contributed by atoms with van der Waals surface area (Å²) in [5.41, 5.74) is 2.24. The van der Waals surface area contributed by atoms with Crippen molar-refractivity contribution in [1.29, 1.82) is 0 Å². The van der Waals surface area contributed by atoms with Crippen molar-refractivity contribution in [2.75, 3.05) is 6.54 Å². The Balaban J connectivity index is 1.73. The second-order valence-corrected chi connectivity index (χ2v) is 7.68. The molecule has 0 aromatic heterocycles. The molecular formula is C19H19N3O4S. The molecule has 3 rings (SSSR count). The summed E-state index contributed by atoms with van der Waals surface area (Å²) >= 11 is 0. The summed E-state index contributed by atoms with van der Waals surface area (Å²) in [5, 5.41) is 5.35. The Hall–Kier alpha value is -2.97. The summed E-state index contributed by atoms with van der Waals surface area (Å²) in [7, 11) is -3.48. The molecule has 0 spiro atoms. The minimum absolute atomic E-state index is 0.200. The third kappa shape index (κ3) is 4.07. The van der Waals surface area contributed by atoms with E-state index in [1.54, 1.807) is 49.5 Å². The van der Waals surface area contributed by atoms with Crippen LogP contribution in [0.1, 0.15) is 28.4 Å². The number of carbonyl (C=O) groups excluding carboxylic acids is 2. The number of amides is 2. The molecule has 8 heteroatoms. The van der Waals surface area contributed by atoms with E-state index in [2.05, 4.69) is 15.4 Å². The fourth-order valence-electron chi connectivity index (χ4n) is 2.75. The molecule has 0 aliphatic carbocycles. The molecule has 0 saturated carbocycles. The Morgan fingerprint density at radius 3 is 2.30 bits per heavy atom. The van der Waals surface area contributed by atoms with Crippen molar-refractivity contribution in [3.63, 3.8) is 0 Å². The predicted octanol–water partition coefficient (Wildman–Crippen LogP) is 1.39. The van der Waals surface area contributed by atoms with Crippen LogP contribution in [-0.2, 0) is 21.4 Å². The van der Waals surface area contributed by atoms with Crippen molar-refractivity contribution in [3.05, 3.63) is 71.4 Å². The van der Waals surface area contributed by atoms with Gasteiger partial charge in [0.25, 0.3) is 11.8 Å². The van der Waals surface area contributed by atoms with Gasteiger partial charge in [-0.3, -0.25) is 14.9 Å². The maximum absolute atomic E-state index is 12.1. The molecule has 0 unspecified atom stereocenters. The number of hydrogen-bond donors (Lipinski definition) is 3. The lowest BCUT2D eigenvalue weighted by Gasteiger charge is -2.18. The van der Waals surface area contributed by atoms with Crippen LogP contribution in [0.15, 0.2) is 59.6 Å². The van der Waals surface area contributed by atoms with E-state index in [0.717, 1.165) is 5.56 Å². The zero-order chi connectivity index (χ0) is 19.4. The largest absolute Gasteiger partial charge is 0.386 e. The number of hydrogen-bond acceptors (Lipinski definition) is 5. The molecule has 1 aliphatic heterocycles. The molecule has 27 heavy (non-hydrogen) atoms. The molecule has 0 radical (unpaired) electrons. The average molecular weight is 385 g/mol. The van der Waals surface area contributed by atoms with E-state index in [1.165, 1.54) is 12.1 Å². The van der Waals surface area contributed by atoms with Crippen molar-refractivity contribution < 1.29 is 18.0 Å². The van der Waals surface area contributed by atoms with Crippen LogP contribution in [0.2, 0.25) is 0 Å². The molecular weight excluding hydrogens is 366 g/mol. The third-order valence-electron chi connectivity index (χ3n) is 4.05. The van der Waals surface area contributed by atoms with Gasteiger partial charge in [0, 0.05) is 30.4 Å². The number of nitrogens with one attached hydrogen (secondary N) is 3. The van der Waals surface area contributed by atoms with Crippen LogP contribution in [0.25, 0.3) is 5.57 Å². The quantitative estimate of drug-likeness (QED) is 0.515. The Morgan fingerprint density at radius 2 is 1.63 bits per heavy atom. The molecule has 0 atom stereocenters. The van der Waals surface area contributed by atoms with E-state index in [9.17, 15) is 18.0 Å². The minimum Gasteiger partial charge on any atom is -0.386 e. The van der Waals surface area contributed by atoms with Crippen LogP contribution in [-0.4, -0.2) is 26.8 Å². The molecule has 0 bridgehead atoms. The lowest BCUT2D eigenvalue weighted by molar-refractivity contribution is -0.114. The second kappa shape index (κ2) is 7.73. The number of rotatable bonds is 6. The maximum atomic E-state index is 12.1. The van der Waals surface area contributed by atoms with Crippen molar-refractivity contribution in [2.45, 2.75) is 18.4 Å². The second-order valence-electron chi connectivity index (χ2n) is 5.91. The van der Waals surface area contributed by atoms with Crippen molar-refractivity contribution in [1.82, 2.24) is 15.4 Å². The summed E-state index contributed by atoms with van der Waals surface area (Å²) in [6.45, 7) is 2.44. The molecule has 1 aliphatic rings. The first-order valence-electron chi connectivity index (χ1n) is 8.39. The van der Waals surface area contributed by atoms with Gasteiger partial charge in [0.05, 0.1) is 10.5 Å². The number of carbonyl (C=O) groups is 2. The Morgan fingerprint density at radius 1 is 0.963 bits per heavy atom. The van der Waals surface area contributed by atoms with Gasteiger partial charge in [-0.25, -0.2) is 13.1 Å². The highest BCUT2D eigenvalue weighted by Crippen LogP contribution is 2.23. The summed E-state index contributed by atoms with van der Waals surface area (Å²) in [4.78, 5) is 24.2. The van der Waals surface area contributed by atoms with Crippen LogP contribution in [0.5, 0.6) is 0 Å². The van der Waals surface area contributed by atoms with E-state index >= 15 is 0 Å². The van der Waals surface area contributed by atoms with Crippen LogP contribution in [0.3, 0.4) is 0 Å². The Kier molecular flexibility index (Phi) is 5.38. The molecule has 2 aromatic rings. The molecule has 0 saturated heterocycles. The number of benzene rings is 2. The highest BCUT2D eigenvalue weighted by molar-refractivity contribution is 7.89. The van der Waals surface area contributed by atoms with E-state index in [4.69, 9.17) is 0 Å². The molecule has 2 amide bonds. The highest BCUT2D eigenvalue weighted by Gasteiger charge is 2.26. The van der Waals surface area contributed by atoms with Gasteiger partial charge in [0.2, 0.25) is 10.0 Å². The smallest absolute Gasteiger partial charge is 0.260 e. The van der Waals surface area contributed by atoms with Crippen molar-refractivity contribution >= 4 is 27.4 Å². The van der Waals surface area contributed by atoms with Gasteiger partial charge in [0.1, 0.15) is 0 Å². The van der Waals surface area contributed by atoms with Crippen LogP contribution < -0.4 is 15.4 Å². The fraction of sp³-hybridized carbons (Fsp3) is 0.158. The monoisotopic (exact) mass is 385 g/mol. The first kappa shape index (κ1) is 18.8. The van der Waals surface area contributed by atoms with E-state index in [-0.39, 0.29) is 4.90 Å². The summed E-state index contributed by atoms with van der Waals surface area (Å²) < 4.78 is 26.3. The van der Waals surface area contributed by atoms with Crippen molar-refractivity contribution in [3.8, 4) is 0 Å². The zero-order valence-corrected chi connectivity index (χ0v) is 15.5. The first-order chi connectivity index (χ1) is 12.9. The van der Waals surface area contributed by atoms with Crippen LogP contribution >= 0.6 is 0 Å². The maximum Gasteiger partial charge on any atom is 0.260 e. The Labute approximate surface area is 157 Å². The molecule has 140 valence electrons. The molecule has 2 aromatic carbocycles. The third-order valence-corrected chi connectivity index (χ3v) is 5.62. The highest BCUT2D eigenvalue weighted by atomic mass is 32.2. The van der Waals surface area contributed by atoms with Crippen LogP contribution in [0.4, 0.5) is 0 Å². The predicted molar refractivity (Wildman–Crippen MR) is 101 cm³/mol. The van der Waals surface area contributed by atoms with Gasteiger partial charge < -0.3 is 5.32 Å². The van der Waals surface area contributed by atoms with Gasteiger partial charge in [-0.15, -0.1) is 0 Å². The van der Waals surface area contributed by atoms with Crippen LogP contribution in [0, 0.1) is 0 Å². The van der Waals surface area contributed by atoms with Crippen molar-refractivity contribution in [2.24, 2.45) is 0 Å². The van der Waals surface area contributed by atoms with E-state index in [1.807, 2.05) is 0 Å². The summed E-state index contributed by atoms with van der Waals surface area (Å²) in [5.74, 6) is -0.872. The Bertz CT molecular complexity index is 1010. The molecule has 7 nitrogen and oxygen atoms in total. The number of fused-ring (bicyclic) bond motifs is 1. The van der Waals surface area contributed by atoms with Gasteiger partial charge in [-0.05, 0) is 23.8 Å². The molecule has 1 heterocycles. The summed E-state index contributed by atoms with van der Waals surface area (Å²) in [6.07, 6.45) is 1.56. The number of imide groups is 1. The van der Waals surface area contributed by atoms with Gasteiger partial charge in [-0.1, -0.05) is 37.3 Å². The SMILES string of the molecule is CCNS(=O)(=O)c1ccc(CN/C=C2\C(=O)NC(=O)c3ccccc32)cc1. The van der Waals surface area contributed by atoms with E-state index < -0.39 is 21.8 Å². The average Bonchev–Trinajstić information content (AvgIpc) is 2.65. The lowest BCUT2D eigenvalue weighted by atomic mass is 9.96. The normalized spacial score (nSPS) is 15.4. The topological polar surface area (TPSA) is 104 Å². The zero-order valence-electron chi connectivity index (χ0n) is 14.7. The first-order valence-corrected chi connectivity index (χ1v) is 9.88. The standard InChI is InChI=1S/C19H19N3O4S/c1-2-21-27(25,26)14-9-7-13(8-10-14)11-20-12-17-15-5-3-4-6-16(15)18(23)22-19(17)24/h3-10,12,20-21H,2,11H2,1H3,(H,22,23,24)/b17-12-. The van der Waals surface area contributed by atoms with Gasteiger partial charge in [0.15, 0.2) is 0 Å². The summed E-state index contributed by atoms with van der Waals surface area (Å²) in [6, 6.07) is 13.4.